The maximum absolute atomic E-state index is 12.3. The molecule has 2 amide bonds. The number of hydrogen-bond acceptors (Lipinski definition) is 6. The van der Waals surface area contributed by atoms with Gasteiger partial charge in [0.25, 0.3) is 11.8 Å². The van der Waals surface area contributed by atoms with E-state index in [0.717, 1.165) is 23.3 Å². The summed E-state index contributed by atoms with van der Waals surface area (Å²) in [5, 5.41) is 8.07. The maximum atomic E-state index is 12.3. The summed E-state index contributed by atoms with van der Waals surface area (Å²) in [5.41, 5.74) is 2.12. The van der Waals surface area contributed by atoms with E-state index in [1.54, 1.807) is 17.5 Å². The van der Waals surface area contributed by atoms with Gasteiger partial charge in [-0.15, -0.1) is 24.5 Å². The first kappa shape index (κ1) is 25.3. The van der Waals surface area contributed by atoms with Gasteiger partial charge in [-0.3, -0.25) is 9.59 Å². The molecule has 3 aromatic rings. The minimum Gasteiger partial charge on any atom is -0.484 e. The van der Waals surface area contributed by atoms with Crippen molar-refractivity contribution in [3.63, 3.8) is 0 Å². The van der Waals surface area contributed by atoms with E-state index in [2.05, 4.69) is 20.4 Å². The molecule has 0 aliphatic heterocycles. The number of alkyl halides is 3. The highest BCUT2D eigenvalue weighted by Gasteiger charge is 2.31. The van der Waals surface area contributed by atoms with Crippen molar-refractivity contribution in [2.75, 3.05) is 6.61 Å². The van der Waals surface area contributed by atoms with Gasteiger partial charge >= 0.3 is 6.36 Å². The van der Waals surface area contributed by atoms with Crippen LogP contribution < -0.4 is 20.1 Å². The minimum absolute atomic E-state index is 0.0892. The first-order valence-corrected chi connectivity index (χ1v) is 11.1. The van der Waals surface area contributed by atoms with Crippen LogP contribution in [0.4, 0.5) is 13.2 Å². The molecule has 7 nitrogen and oxygen atoms in total. The summed E-state index contributed by atoms with van der Waals surface area (Å²) in [6, 6.07) is 10.1. The van der Waals surface area contributed by atoms with Gasteiger partial charge in [-0.1, -0.05) is 17.7 Å². The fourth-order valence-corrected chi connectivity index (χ4v) is 3.61. The zero-order valence-corrected chi connectivity index (χ0v) is 19.3. The molecule has 0 radical (unpaired) electrons. The Morgan fingerprint density at radius 1 is 1.06 bits per heavy atom. The second-order valence-electron chi connectivity index (χ2n) is 6.96. The number of amides is 2. The van der Waals surface area contributed by atoms with E-state index in [4.69, 9.17) is 16.3 Å². The molecule has 1 aromatic heterocycles. The van der Waals surface area contributed by atoms with E-state index in [0.29, 0.717) is 16.6 Å². The fourth-order valence-electron chi connectivity index (χ4n) is 2.70. The summed E-state index contributed by atoms with van der Waals surface area (Å²) in [7, 11) is 0. The average Bonchev–Trinajstić information content (AvgIpc) is 3.26. The van der Waals surface area contributed by atoms with Crippen molar-refractivity contribution >= 4 is 34.8 Å². The lowest BCUT2D eigenvalue weighted by Gasteiger charge is -2.10. The molecule has 0 saturated carbocycles. The Morgan fingerprint density at radius 2 is 1.76 bits per heavy atom. The lowest BCUT2D eigenvalue weighted by Crippen LogP contribution is -2.28. The lowest BCUT2D eigenvalue weighted by atomic mass is 10.1. The van der Waals surface area contributed by atoms with Crippen molar-refractivity contribution in [2.45, 2.75) is 26.4 Å². The van der Waals surface area contributed by atoms with Gasteiger partial charge in [-0.05, 0) is 54.4 Å². The van der Waals surface area contributed by atoms with Gasteiger partial charge in [-0.2, -0.15) is 0 Å². The zero-order valence-electron chi connectivity index (χ0n) is 17.7. The number of thiazole rings is 1. The predicted molar refractivity (Wildman–Crippen MR) is 120 cm³/mol. The summed E-state index contributed by atoms with van der Waals surface area (Å²) < 4.78 is 45.5. The highest BCUT2D eigenvalue weighted by molar-refractivity contribution is 7.09. The Kier molecular flexibility index (Phi) is 8.35. The molecule has 2 aromatic carbocycles. The van der Waals surface area contributed by atoms with Gasteiger partial charge in [0.2, 0.25) is 0 Å². The van der Waals surface area contributed by atoms with E-state index in [1.165, 1.54) is 23.5 Å². The molecule has 0 bridgehead atoms. The second-order valence-corrected chi connectivity index (χ2v) is 8.34. The SMILES string of the molecule is Cc1ccc(Cl)cc1CNC(=O)c1csc(CNC(=O)COc2ccc(OC(F)(F)F)cc2)n1. The number of halogens is 4. The Morgan fingerprint density at radius 3 is 2.47 bits per heavy atom. The molecule has 2 N–H and O–H groups in total. The quantitative estimate of drug-likeness (QED) is 0.435. The number of hydrogen-bond donors (Lipinski definition) is 2. The Bertz CT molecular complexity index is 1150. The summed E-state index contributed by atoms with van der Waals surface area (Å²) in [5.74, 6) is -1.01. The van der Waals surface area contributed by atoms with E-state index in [9.17, 15) is 22.8 Å². The van der Waals surface area contributed by atoms with Gasteiger partial charge in [0, 0.05) is 16.9 Å². The van der Waals surface area contributed by atoms with E-state index >= 15 is 0 Å². The van der Waals surface area contributed by atoms with Gasteiger partial charge in [0.1, 0.15) is 22.2 Å². The molecule has 0 unspecified atom stereocenters. The lowest BCUT2D eigenvalue weighted by molar-refractivity contribution is -0.274. The monoisotopic (exact) mass is 513 g/mol. The van der Waals surface area contributed by atoms with Crippen molar-refractivity contribution < 1.29 is 32.2 Å². The van der Waals surface area contributed by atoms with E-state index < -0.39 is 18.0 Å². The number of rotatable bonds is 9. The van der Waals surface area contributed by atoms with Crippen LogP contribution in [0.1, 0.15) is 26.6 Å². The topological polar surface area (TPSA) is 89.6 Å². The van der Waals surface area contributed by atoms with Crippen molar-refractivity contribution in [1.82, 2.24) is 15.6 Å². The number of ether oxygens (including phenoxy) is 2. The molecule has 3 rings (SSSR count). The highest BCUT2D eigenvalue weighted by Crippen LogP contribution is 2.24. The number of nitrogens with one attached hydrogen (secondary N) is 2. The van der Waals surface area contributed by atoms with Crippen LogP contribution in [0.3, 0.4) is 0 Å². The number of carbonyl (C=O) groups is 2. The number of aromatic nitrogens is 1. The molecular formula is C22H19ClF3N3O4S. The first-order chi connectivity index (χ1) is 16.1. The van der Waals surface area contributed by atoms with Crippen LogP contribution in [0.15, 0.2) is 47.8 Å². The third kappa shape index (κ3) is 7.92. The third-order valence-corrected chi connectivity index (χ3v) is 5.48. The molecule has 0 saturated heterocycles. The van der Waals surface area contributed by atoms with Crippen molar-refractivity contribution in [1.29, 1.82) is 0 Å². The summed E-state index contributed by atoms with van der Waals surface area (Å²) in [6.07, 6.45) is -4.78. The van der Waals surface area contributed by atoms with Crippen LogP contribution in [0.5, 0.6) is 11.5 Å². The molecule has 180 valence electrons. The molecule has 34 heavy (non-hydrogen) atoms. The summed E-state index contributed by atoms with van der Waals surface area (Å²) in [6.45, 7) is 1.96. The second kappa shape index (κ2) is 11.2. The van der Waals surface area contributed by atoms with Crippen molar-refractivity contribution in [3.05, 3.63) is 74.7 Å². The highest BCUT2D eigenvalue weighted by atomic mass is 35.5. The summed E-state index contributed by atoms with van der Waals surface area (Å²) >= 11 is 7.20. The van der Waals surface area contributed by atoms with Crippen LogP contribution in [-0.4, -0.2) is 29.8 Å². The number of carbonyl (C=O) groups excluding carboxylic acids is 2. The summed E-state index contributed by atoms with van der Waals surface area (Å²) in [4.78, 5) is 28.5. The molecule has 0 aliphatic carbocycles. The molecule has 0 fully saturated rings. The van der Waals surface area contributed by atoms with Crippen molar-refractivity contribution in [3.8, 4) is 11.5 Å². The average molecular weight is 514 g/mol. The zero-order chi connectivity index (χ0) is 24.7. The largest absolute Gasteiger partial charge is 0.573 e. The number of benzene rings is 2. The van der Waals surface area contributed by atoms with Crippen LogP contribution in [-0.2, 0) is 17.9 Å². The molecule has 1 heterocycles. The van der Waals surface area contributed by atoms with Gasteiger partial charge < -0.3 is 20.1 Å². The molecular weight excluding hydrogens is 495 g/mol. The third-order valence-electron chi connectivity index (χ3n) is 4.40. The first-order valence-electron chi connectivity index (χ1n) is 9.82. The number of nitrogens with zero attached hydrogens (tertiary/aromatic N) is 1. The molecule has 12 heteroatoms. The van der Waals surface area contributed by atoms with Crippen molar-refractivity contribution in [2.24, 2.45) is 0 Å². The van der Waals surface area contributed by atoms with Crippen LogP contribution in [0.25, 0.3) is 0 Å². The smallest absolute Gasteiger partial charge is 0.484 e. The molecule has 0 spiro atoms. The predicted octanol–water partition coefficient (Wildman–Crippen LogP) is 4.63. The van der Waals surface area contributed by atoms with E-state index in [-0.39, 0.29) is 30.5 Å². The molecule has 0 aliphatic rings. The van der Waals surface area contributed by atoms with Gasteiger partial charge in [0.05, 0.1) is 6.54 Å². The fraction of sp³-hybridized carbons (Fsp3) is 0.227. The normalized spacial score (nSPS) is 11.1. The Balaban J connectivity index is 1.42. The van der Waals surface area contributed by atoms with Crippen LogP contribution in [0.2, 0.25) is 5.02 Å². The standard InChI is InChI=1S/C22H19ClF3N3O4S/c1-13-2-3-15(23)8-14(13)9-28-21(31)18-12-34-20(29-18)10-27-19(30)11-32-16-4-6-17(7-5-16)33-22(24,25)26/h2-8,12H,9-11H2,1H3,(H,27,30)(H,28,31). The van der Waals surface area contributed by atoms with Gasteiger partial charge in [0.15, 0.2) is 6.61 Å². The van der Waals surface area contributed by atoms with Crippen LogP contribution in [0, 0.1) is 6.92 Å². The number of aryl methyl sites for hydroxylation is 1. The molecule has 0 atom stereocenters. The minimum atomic E-state index is -4.78. The Labute approximate surface area is 201 Å². The van der Waals surface area contributed by atoms with E-state index in [1.807, 2.05) is 13.0 Å². The van der Waals surface area contributed by atoms with Gasteiger partial charge in [-0.25, -0.2) is 4.98 Å². The Hall–Kier alpha value is -3.31. The van der Waals surface area contributed by atoms with Crippen LogP contribution >= 0.6 is 22.9 Å². The maximum Gasteiger partial charge on any atom is 0.573 e.